The highest BCUT2D eigenvalue weighted by Gasteiger charge is 2.48. The molecule has 1 saturated carbocycles. The molecule has 0 aliphatic heterocycles. The maximum atomic E-state index is 11.8. The summed E-state index contributed by atoms with van der Waals surface area (Å²) in [6.07, 6.45) is 2.67. The second kappa shape index (κ2) is 6.90. The van der Waals surface area contributed by atoms with Gasteiger partial charge in [-0.25, -0.2) is 0 Å². The molecule has 1 rings (SSSR count). The van der Waals surface area contributed by atoms with Gasteiger partial charge in [0.25, 0.3) is 0 Å². The van der Waals surface area contributed by atoms with E-state index in [2.05, 4.69) is 44.8 Å². The zero-order chi connectivity index (χ0) is 15.4. The summed E-state index contributed by atoms with van der Waals surface area (Å²) < 4.78 is 0. The lowest BCUT2D eigenvalue weighted by Gasteiger charge is -2.46. The van der Waals surface area contributed by atoms with E-state index in [1.165, 1.54) is 0 Å². The summed E-state index contributed by atoms with van der Waals surface area (Å²) in [5, 5.41) is 13.1. The minimum absolute atomic E-state index is 0.167. The Labute approximate surface area is 123 Å². The third-order valence-electron chi connectivity index (χ3n) is 5.04. The van der Waals surface area contributed by atoms with Gasteiger partial charge in [-0.1, -0.05) is 34.6 Å². The summed E-state index contributed by atoms with van der Waals surface area (Å²) in [5.74, 6) is -0.513. The van der Waals surface area contributed by atoms with Gasteiger partial charge in [-0.3, -0.25) is 4.79 Å². The summed E-state index contributed by atoms with van der Waals surface area (Å²) in [6.45, 7) is 14.5. The highest BCUT2D eigenvalue weighted by molar-refractivity contribution is 5.79. The number of carboxylic acids is 1. The number of hydrogen-bond acceptors (Lipinski definition) is 3. The van der Waals surface area contributed by atoms with Gasteiger partial charge < -0.3 is 15.3 Å². The van der Waals surface area contributed by atoms with E-state index in [-0.39, 0.29) is 11.3 Å². The van der Waals surface area contributed by atoms with Crippen LogP contribution in [0, 0.1) is 11.3 Å². The molecule has 1 aliphatic rings. The van der Waals surface area contributed by atoms with Crippen LogP contribution in [0.5, 0.6) is 0 Å². The van der Waals surface area contributed by atoms with Crippen LogP contribution in [-0.4, -0.2) is 47.7 Å². The lowest BCUT2D eigenvalue weighted by atomic mass is 9.64. The molecule has 0 bridgehead atoms. The minimum Gasteiger partial charge on any atom is -0.480 e. The Kier molecular flexibility index (Phi) is 6.02. The first-order valence-electron chi connectivity index (χ1n) is 7.98. The minimum atomic E-state index is -0.733. The molecule has 1 aliphatic carbocycles. The van der Waals surface area contributed by atoms with Crippen molar-refractivity contribution in [2.75, 3.05) is 26.2 Å². The molecule has 0 heterocycles. The molecule has 0 aromatic heterocycles. The van der Waals surface area contributed by atoms with Gasteiger partial charge in [-0.2, -0.15) is 0 Å². The van der Waals surface area contributed by atoms with Gasteiger partial charge in [0.2, 0.25) is 0 Å². The van der Waals surface area contributed by atoms with Crippen LogP contribution < -0.4 is 5.32 Å². The number of aliphatic carboxylic acids is 1. The maximum Gasteiger partial charge on any atom is 0.324 e. The monoisotopic (exact) mass is 284 g/mol. The van der Waals surface area contributed by atoms with Crippen molar-refractivity contribution in [3.63, 3.8) is 0 Å². The molecular weight excluding hydrogens is 252 g/mol. The van der Waals surface area contributed by atoms with Crippen LogP contribution >= 0.6 is 0 Å². The second-order valence-corrected chi connectivity index (χ2v) is 7.00. The van der Waals surface area contributed by atoms with E-state index < -0.39 is 11.5 Å². The SMILES string of the molecule is CCN(CC)CCNC1(C(=O)O)CCC(C)(C)CC1C. The van der Waals surface area contributed by atoms with Crippen LogP contribution in [0.1, 0.15) is 53.9 Å². The van der Waals surface area contributed by atoms with Crippen LogP contribution in [0.2, 0.25) is 0 Å². The van der Waals surface area contributed by atoms with Gasteiger partial charge in [-0.05, 0) is 43.7 Å². The summed E-state index contributed by atoms with van der Waals surface area (Å²) in [4.78, 5) is 14.2. The van der Waals surface area contributed by atoms with Crippen LogP contribution in [0.25, 0.3) is 0 Å². The molecule has 4 nitrogen and oxygen atoms in total. The fourth-order valence-electron chi connectivity index (χ4n) is 3.52. The summed E-state index contributed by atoms with van der Waals surface area (Å²) >= 11 is 0. The predicted octanol–water partition coefficient (Wildman–Crippen LogP) is 2.59. The number of likely N-dealkylation sites (N-methyl/N-ethyl adjacent to an activating group) is 1. The number of carboxylic acid groups (broad SMARTS) is 1. The maximum absolute atomic E-state index is 11.8. The van der Waals surface area contributed by atoms with Crippen molar-refractivity contribution in [3.05, 3.63) is 0 Å². The smallest absolute Gasteiger partial charge is 0.324 e. The van der Waals surface area contributed by atoms with Gasteiger partial charge in [0, 0.05) is 13.1 Å². The van der Waals surface area contributed by atoms with Crippen LogP contribution in [-0.2, 0) is 4.79 Å². The number of nitrogens with one attached hydrogen (secondary N) is 1. The Hall–Kier alpha value is -0.610. The largest absolute Gasteiger partial charge is 0.480 e. The van der Waals surface area contributed by atoms with Crippen LogP contribution in [0.4, 0.5) is 0 Å². The zero-order valence-corrected chi connectivity index (χ0v) is 13.8. The van der Waals surface area contributed by atoms with Crippen molar-refractivity contribution in [2.24, 2.45) is 11.3 Å². The van der Waals surface area contributed by atoms with Gasteiger partial charge >= 0.3 is 5.97 Å². The summed E-state index contributed by atoms with van der Waals surface area (Å²) in [6, 6.07) is 0. The average Bonchev–Trinajstić information content (AvgIpc) is 2.36. The standard InChI is InChI=1S/C16H32N2O2/c1-6-18(7-2)11-10-17-16(14(19)20)9-8-15(4,5)12-13(16)3/h13,17H,6-12H2,1-5H3,(H,19,20). The highest BCUT2D eigenvalue weighted by Crippen LogP contribution is 2.43. The van der Waals surface area contributed by atoms with Gasteiger partial charge in [0.05, 0.1) is 0 Å². The molecule has 2 N–H and O–H groups in total. The first-order chi connectivity index (χ1) is 9.27. The highest BCUT2D eigenvalue weighted by atomic mass is 16.4. The Bertz CT molecular complexity index is 326. The number of nitrogens with zero attached hydrogens (tertiary/aromatic N) is 1. The molecule has 0 saturated heterocycles. The predicted molar refractivity (Wildman–Crippen MR) is 83.0 cm³/mol. The average molecular weight is 284 g/mol. The molecular formula is C16H32N2O2. The molecule has 2 atom stereocenters. The zero-order valence-electron chi connectivity index (χ0n) is 13.8. The fraction of sp³-hybridized carbons (Fsp3) is 0.938. The van der Waals surface area contributed by atoms with Crippen LogP contribution in [0.15, 0.2) is 0 Å². The summed E-state index contributed by atoms with van der Waals surface area (Å²) in [7, 11) is 0. The van der Waals surface area contributed by atoms with Crippen molar-refractivity contribution >= 4 is 5.97 Å². The molecule has 4 heteroatoms. The van der Waals surface area contributed by atoms with E-state index in [0.717, 1.165) is 45.4 Å². The van der Waals surface area contributed by atoms with E-state index >= 15 is 0 Å². The fourth-order valence-corrected chi connectivity index (χ4v) is 3.52. The lowest BCUT2D eigenvalue weighted by Crippen LogP contribution is -2.61. The molecule has 0 amide bonds. The van der Waals surface area contributed by atoms with Crippen molar-refractivity contribution in [3.8, 4) is 0 Å². The molecule has 20 heavy (non-hydrogen) atoms. The third-order valence-corrected chi connectivity index (χ3v) is 5.04. The molecule has 118 valence electrons. The van der Waals surface area contributed by atoms with Crippen molar-refractivity contribution in [1.82, 2.24) is 10.2 Å². The molecule has 0 spiro atoms. The van der Waals surface area contributed by atoms with Crippen LogP contribution in [0.3, 0.4) is 0 Å². The molecule has 0 aromatic carbocycles. The number of hydrogen-bond donors (Lipinski definition) is 2. The van der Waals surface area contributed by atoms with E-state index in [0.29, 0.717) is 0 Å². The molecule has 0 radical (unpaired) electrons. The third kappa shape index (κ3) is 3.95. The normalized spacial score (nSPS) is 29.6. The van der Waals surface area contributed by atoms with Gasteiger partial charge in [0.1, 0.15) is 5.54 Å². The van der Waals surface area contributed by atoms with Crippen molar-refractivity contribution in [2.45, 2.75) is 59.4 Å². The topological polar surface area (TPSA) is 52.6 Å². The van der Waals surface area contributed by atoms with Crippen molar-refractivity contribution < 1.29 is 9.90 Å². The van der Waals surface area contributed by atoms with E-state index in [1.54, 1.807) is 0 Å². The lowest BCUT2D eigenvalue weighted by molar-refractivity contribution is -0.150. The number of carbonyl (C=O) groups is 1. The van der Waals surface area contributed by atoms with Crippen molar-refractivity contribution in [1.29, 1.82) is 0 Å². The van der Waals surface area contributed by atoms with Gasteiger partial charge in [0.15, 0.2) is 0 Å². The molecule has 1 fully saturated rings. The number of rotatable bonds is 7. The Morgan fingerprint density at radius 1 is 1.30 bits per heavy atom. The Morgan fingerprint density at radius 3 is 2.35 bits per heavy atom. The Balaban J connectivity index is 2.67. The second-order valence-electron chi connectivity index (χ2n) is 7.00. The molecule has 2 unspecified atom stereocenters. The van der Waals surface area contributed by atoms with E-state index in [1.807, 2.05) is 0 Å². The quantitative estimate of drug-likeness (QED) is 0.754. The first-order valence-corrected chi connectivity index (χ1v) is 7.98. The summed E-state index contributed by atoms with van der Waals surface area (Å²) in [5.41, 5.74) is -0.471. The Morgan fingerprint density at radius 2 is 1.90 bits per heavy atom. The molecule has 0 aromatic rings. The first kappa shape index (κ1) is 17.4. The van der Waals surface area contributed by atoms with Gasteiger partial charge in [-0.15, -0.1) is 0 Å². The van der Waals surface area contributed by atoms with E-state index in [9.17, 15) is 9.90 Å². The van der Waals surface area contributed by atoms with E-state index in [4.69, 9.17) is 0 Å².